The number of pyridine rings is 2. The van der Waals surface area contributed by atoms with E-state index in [-0.39, 0.29) is 41.1 Å². The summed E-state index contributed by atoms with van der Waals surface area (Å²) >= 11 is 0. The summed E-state index contributed by atoms with van der Waals surface area (Å²) in [7, 11) is 2.10. The predicted molar refractivity (Wildman–Crippen MR) is 171 cm³/mol. The van der Waals surface area contributed by atoms with Crippen LogP contribution in [0.15, 0.2) is 41.3 Å². The van der Waals surface area contributed by atoms with E-state index in [9.17, 15) is 4.79 Å². The van der Waals surface area contributed by atoms with Crippen molar-refractivity contribution in [2.75, 3.05) is 20.1 Å². The maximum atomic E-state index is 17.2. The molecule has 5 heterocycles. The summed E-state index contributed by atoms with van der Waals surface area (Å²) in [6.07, 6.45) is 7.49. The maximum absolute atomic E-state index is 17.2. The first kappa shape index (κ1) is 27.7. The highest BCUT2D eigenvalue weighted by Crippen LogP contribution is 2.47. The average molecular weight is 592 g/mol. The first-order valence-electron chi connectivity index (χ1n) is 16.1. The fourth-order valence-corrected chi connectivity index (χ4v) is 8.77. The van der Waals surface area contributed by atoms with Gasteiger partial charge in [0, 0.05) is 53.8 Å². The largest absolute Gasteiger partial charge is 0.472 e. The molecular formula is C36H38FN5O2. The molecule has 1 N–H and O–H groups in total. The number of nitrogens with zero attached hydrogens (tertiary/aromatic N) is 4. The highest BCUT2D eigenvalue weighted by molar-refractivity contribution is 6.07. The molecule has 3 aliphatic heterocycles. The Bertz CT molecular complexity index is 1910. The summed E-state index contributed by atoms with van der Waals surface area (Å²) in [4.78, 5) is 24.8. The van der Waals surface area contributed by atoms with Crippen molar-refractivity contribution in [3.8, 4) is 17.0 Å². The number of halogens is 1. The van der Waals surface area contributed by atoms with Crippen molar-refractivity contribution in [1.82, 2.24) is 19.8 Å². The molecule has 6 atom stereocenters. The molecule has 4 aromatic rings. The van der Waals surface area contributed by atoms with E-state index in [2.05, 4.69) is 32.7 Å². The number of benzene rings is 2. The highest BCUT2D eigenvalue weighted by Gasteiger charge is 2.48. The molecule has 2 aliphatic carbocycles. The van der Waals surface area contributed by atoms with E-state index in [1.807, 2.05) is 38.2 Å². The molecule has 1 saturated carbocycles. The maximum Gasteiger partial charge on any atom is 0.249 e. The third-order valence-corrected chi connectivity index (χ3v) is 11.0. The summed E-state index contributed by atoms with van der Waals surface area (Å²) in [5, 5.41) is 4.66. The summed E-state index contributed by atoms with van der Waals surface area (Å²) in [6.45, 7) is 13.8. The molecule has 0 spiro atoms. The van der Waals surface area contributed by atoms with Gasteiger partial charge in [-0.2, -0.15) is 0 Å². The number of aryl methyl sites for hydroxylation is 2. The third-order valence-electron chi connectivity index (χ3n) is 11.0. The van der Waals surface area contributed by atoms with Crippen LogP contribution in [0, 0.1) is 25.2 Å². The van der Waals surface area contributed by atoms with E-state index >= 15 is 4.39 Å². The highest BCUT2D eigenvalue weighted by atomic mass is 19.1. The molecule has 1 unspecified atom stereocenters. The van der Waals surface area contributed by atoms with Crippen LogP contribution in [-0.4, -0.2) is 52.8 Å². The minimum absolute atomic E-state index is 0.161. The number of fused-ring (bicyclic) bond motifs is 5. The molecule has 2 aromatic carbocycles. The Hall–Kier alpha value is -3.80. The van der Waals surface area contributed by atoms with Crippen molar-refractivity contribution in [2.45, 2.75) is 82.6 Å². The quantitative estimate of drug-likeness (QED) is 0.216. The van der Waals surface area contributed by atoms with Gasteiger partial charge < -0.3 is 19.5 Å². The van der Waals surface area contributed by atoms with Gasteiger partial charge in [-0.1, -0.05) is 18.2 Å². The Morgan fingerprint density at radius 3 is 2.82 bits per heavy atom. The van der Waals surface area contributed by atoms with E-state index in [0.29, 0.717) is 33.8 Å². The minimum Gasteiger partial charge on any atom is -0.472 e. The molecule has 9 rings (SSSR count). The number of rotatable bonds is 5. The van der Waals surface area contributed by atoms with Crippen molar-refractivity contribution in [2.24, 2.45) is 5.92 Å². The first-order valence-corrected chi connectivity index (χ1v) is 16.1. The lowest BCUT2D eigenvalue weighted by Crippen LogP contribution is -2.39. The first-order chi connectivity index (χ1) is 21.4. The third kappa shape index (κ3) is 4.05. The number of ether oxygens (including phenoxy) is 1. The Balaban J connectivity index is 1.40. The number of hydrogen-bond acceptors (Lipinski definition) is 5. The molecule has 0 radical (unpaired) electrons. The Kier molecular flexibility index (Phi) is 6.55. The summed E-state index contributed by atoms with van der Waals surface area (Å²) < 4.78 is 26.0. The molecule has 226 valence electrons. The fourth-order valence-electron chi connectivity index (χ4n) is 8.77. The van der Waals surface area contributed by atoms with Crippen molar-refractivity contribution in [3.63, 3.8) is 0 Å². The van der Waals surface area contributed by atoms with Gasteiger partial charge >= 0.3 is 0 Å². The van der Waals surface area contributed by atoms with Gasteiger partial charge in [0.25, 0.3) is 0 Å². The van der Waals surface area contributed by atoms with Gasteiger partial charge in [-0.05, 0) is 88.2 Å². The van der Waals surface area contributed by atoms with Gasteiger partial charge in [0.2, 0.25) is 11.9 Å². The van der Waals surface area contributed by atoms with Gasteiger partial charge in [0.1, 0.15) is 17.0 Å². The molecule has 7 nitrogen and oxygen atoms in total. The number of nitrogens with one attached hydrogen (secondary N) is 1. The Morgan fingerprint density at radius 2 is 2.09 bits per heavy atom. The number of aromatic nitrogens is 2. The van der Waals surface area contributed by atoms with Crippen LogP contribution in [0.1, 0.15) is 67.8 Å². The van der Waals surface area contributed by atoms with Gasteiger partial charge in [-0.3, -0.25) is 9.69 Å². The minimum atomic E-state index is -0.419. The number of likely N-dealkylation sites (tertiary alicyclic amines) is 1. The smallest absolute Gasteiger partial charge is 0.249 e. The average Bonchev–Trinajstić information content (AvgIpc) is 3.77. The zero-order chi connectivity index (χ0) is 30.3. The SMILES string of the molecule is [C-]#[N+]C1CCCc2cccc(-c3c(C)cc4c(nc(O[C@@H](C)[C@@H]5CCCN5C)c5c(=O)ccn([C@H]6[C@H]7CN[C@@H]6C7)c54)c3F)c21. The molecule has 4 fully saturated rings. The molecule has 2 aromatic heterocycles. The predicted octanol–water partition coefficient (Wildman–Crippen LogP) is 6.36. The van der Waals surface area contributed by atoms with Crippen LogP contribution >= 0.6 is 0 Å². The van der Waals surface area contributed by atoms with E-state index in [1.165, 1.54) is 0 Å². The van der Waals surface area contributed by atoms with Crippen molar-refractivity contribution in [3.05, 3.63) is 80.7 Å². The van der Waals surface area contributed by atoms with E-state index in [1.54, 1.807) is 6.07 Å². The van der Waals surface area contributed by atoms with Gasteiger partial charge in [-0.25, -0.2) is 15.9 Å². The summed E-state index contributed by atoms with van der Waals surface area (Å²) in [5.41, 5.74) is 4.86. The lowest BCUT2D eigenvalue weighted by molar-refractivity contribution is 0.119. The molecule has 44 heavy (non-hydrogen) atoms. The zero-order valence-electron chi connectivity index (χ0n) is 25.6. The van der Waals surface area contributed by atoms with Crippen LogP contribution < -0.4 is 15.5 Å². The Morgan fingerprint density at radius 1 is 1.23 bits per heavy atom. The zero-order valence-corrected chi connectivity index (χ0v) is 25.6. The van der Waals surface area contributed by atoms with Gasteiger partial charge in [-0.15, -0.1) is 0 Å². The Labute approximate surface area is 256 Å². The lowest BCUT2D eigenvalue weighted by atomic mass is 9.79. The molecule has 8 heteroatoms. The second kappa shape index (κ2) is 10.4. The molecular weight excluding hydrogens is 553 g/mol. The fraction of sp³-hybridized carbons (Fsp3) is 0.472. The van der Waals surface area contributed by atoms with Crippen LogP contribution in [0.3, 0.4) is 0 Å². The standard InChI is InChI=1S/C36H38FN5O2/c1-19-16-24-33(32(37)29(19)23-10-5-8-21-9-6-11-25(38-3)30(21)23)40-36(44-20(2)27-12-7-14-41(27)4)31-28(43)13-15-42(35(24)31)34-22-17-26(34)39-18-22/h5,8,10,13,15-16,20,22,25-27,34,39H,6-7,9,11-12,14,17-18H2,1-2,4H3/t20-,22+,25?,26+,27-,34-/m0/s1. The van der Waals surface area contributed by atoms with Crippen LogP contribution in [-0.2, 0) is 6.42 Å². The van der Waals surface area contributed by atoms with Crippen LogP contribution in [0.2, 0.25) is 0 Å². The van der Waals surface area contributed by atoms with Crippen molar-refractivity contribution in [1.29, 1.82) is 0 Å². The number of likely N-dealkylation sites (N-methyl/N-ethyl adjacent to an activating group) is 1. The molecule has 5 aliphatic rings. The van der Waals surface area contributed by atoms with E-state index in [4.69, 9.17) is 16.3 Å². The molecule has 0 amide bonds. The van der Waals surface area contributed by atoms with Gasteiger partial charge in [0.05, 0.1) is 11.6 Å². The van der Waals surface area contributed by atoms with Gasteiger partial charge in [0.15, 0.2) is 11.2 Å². The van der Waals surface area contributed by atoms with E-state index in [0.717, 1.165) is 73.9 Å². The normalized spacial score (nSPS) is 26.8. The molecule has 2 bridgehead atoms. The van der Waals surface area contributed by atoms with Crippen molar-refractivity contribution >= 4 is 21.8 Å². The number of hydrogen-bond donors (Lipinski definition) is 1. The second-order valence-corrected chi connectivity index (χ2v) is 13.4. The second-order valence-electron chi connectivity index (χ2n) is 13.4. The lowest BCUT2D eigenvalue weighted by Gasteiger charge is -2.37. The van der Waals surface area contributed by atoms with E-state index < -0.39 is 5.82 Å². The summed E-state index contributed by atoms with van der Waals surface area (Å²) in [5.74, 6) is 0.260. The van der Waals surface area contributed by atoms with Crippen molar-refractivity contribution < 1.29 is 9.13 Å². The summed E-state index contributed by atoms with van der Waals surface area (Å²) in [6, 6.07) is 10.0. The monoisotopic (exact) mass is 591 g/mol. The van der Waals surface area contributed by atoms with Crippen LogP contribution in [0.25, 0.3) is 37.8 Å². The van der Waals surface area contributed by atoms with Crippen LogP contribution in [0.4, 0.5) is 4.39 Å². The topological polar surface area (TPSA) is 63.8 Å². The van der Waals surface area contributed by atoms with Crippen LogP contribution in [0.5, 0.6) is 5.88 Å². The molecule has 3 saturated heterocycles.